The van der Waals surface area contributed by atoms with Gasteiger partial charge in [-0.15, -0.1) is 0 Å². The lowest BCUT2D eigenvalue weighted by Crippen LogP contribution is -2.41. The largest absolute Gasteiger partial charge is 0.416 e. The minimum Gasteiger partial charge on any atom is -0.344 e. The number of nitrogens with zero attached hydrogens (tertiary/aromatic N) is 4. The van der Waals surface area contributed by atoms with Crippen LogP contribution in [0, 0.1) is 23.1 Å². The molecule has 0 amide bonds. The molecule has 1 heterocycles. The number of benzene rings is 3. The highest BCUT2D eigenvalue weighted by atomic mass is 32.1. The molecule has 0 aliphatic carbocycles. The fourth-order valence-electron chi connectivity index (χ4n) is 4.76. The Morgan fingerprint density at radius 1 is 1.09 bits per heavy atom. The van der Waals surface area contributed by atoms with Crippen molar-refractivity contribution in [1.82, 2.24) is 14.5 Å². The Hall–Kier alpha value is -4.60. The number of anilines is 1. The van der Waals surface area contributed by atoms with Gasteiger partial charge in [0, 0.05) is 49.6 Å². The van der Waals surface area contributed by atoms with E-state index in [0.29, 0.717) is 23.5 Å². The van der Waals surface area contributed by atoms with E-state index in [4.69, 9.17) is 23.2 Å². The third kappa shape index (κ3) is 8.72. The molecule has 0 spiro atoms. The van der Waals surface area contributed by atoms with Crippen LogP contribution in [0.5, 0.6) is 0 Å². The Bertz CT molecular complexity index is 1610. The SMILES string of the molecule is N#Cc1ccc(Cn2cncc2CC(=O)[C@@H](CCN)CN(Cc2ccccc2C(F)(F)F)C(=S)Nc2ccc(F)cc2)cc1. The molecule has 0 fully saturated rings. The summed E-state index contributed by atoms with van der Waals surface area (Å²) in [7, 11) is 0. The van der Waals surface area contributed by atoms with E-state index in [2.05, 4.69) is 16.4 Å². The molecule has 4 aromatic rings. The first-order chi connectivity index (χ1) is 21.1. The number of ketones is 1. The second-order valence-electron chi connectivity index (χ2n) is 10.2. The molecule has 0 bridgehead atoms. The Balaban J connectivity index is 1.56. The summed E-state index contributed by atoms with van der Waals surface area (Å²) >= 11 is 5.61. The summed E-state index contributed by atoms with van der Waals surface area (Å²) in [6.07, 6.45) is -1.08. The molecule has 3 aromatic carbocycles. The lowest BCUT2D eigenvalue weighted by atomic mass is 9.95. The first kappa shape index (κ1) is 32.3. The molecule has 7 nitrogen and oxygen atoms in total. The Morgan fingerprint density at radius 2 is 1.80 bits per heavy atom. The smallest absolute Gasteiger partial charge is 0.344 e. The molecule has 12 heteroatoms. The minimum atomic E-state index is -4.59. The number of aromatic nitrogens is 2. The van der Waals surface area contributed by atoms with Crippen molar-refractivity contribution in [1.29, 1.82) is 5.26 Å². The van der Waals surface area contributed by atoms with Crippen molar-refractivity contribution in [2.24, 2.45) is 11.7 Å². The maximum atomic E-state index is 13.8. The van der Waals surface area contributed by atoms with Gasteiger partial charge in [0.2, 0.25) is 0 Å². The molecule has 3 N–H and O–H groups in total. The van der Waals surface area contributed by atoms with Gasteiger partial charge in [-0.2, -0.15) is 18.4 Å². The van der Waals surface area contributed by atoms with Crippen molar-refractivity contribution in [2.75, 3.05) is 18.4 Å². The zero-order valence-electron chi connectivity index (χ0n) is 23.6. The number of nitrogens with two attached hydrogens (primary N) is 1. The van der Waals surface area contributed by atoms with Crippen molar-refractivity contribution in [3.63, 3.8) is 0 Å². The molecule has 0 saturated carbocycles. The summed E-state index contributed by atoms with van der Waals surface area (Å²) < 4.78 is 56.8. The first-order valence-electron chi connectivity index (χ1n) is 13.7. The van der Waals surface area contributed by atoms with Crippen LogP contribution in [0.1, 0.15) is 34.4 Å². The number of nitriles is 1. The van der Waals surface area contributed by atoms with Crippen LogP contribution in [0.3, 0.4) is 0 Å². The molecule has 0 unspecified atom stereocenters. The lowest BCUT2D eigenvalue weighted by Gasteiger charge is -2.30. The lowest BCUT2D eigenvalue weighted by molar-refractivity contribution is -0.138. The van der Waals surface area contributed by atoms with Gasteiger partial charge in [-0.05, 0) is 78.8 Å². The Labute approximate surface area is 257 Å². The summed E-state index contributed by atoms with van der Waals surface area (Å²) in [6.45, 7) is 0.376. The molecule has 1 atom stereocenters. The molecule has 4 rings (SSSR count). The summed E-state index contributed by atoms with van der Waals surface area (Å²) in [5.74, 6) is -1.29. The number of nitrogens with one attached hydrogen (secondary N) is 1. The van der Waals surface area contributed by atoms with E-state index < -0.39 is 23.5 Å². The zero-order valence-corrected chi connectivity index (χ0v) is 24.4. The van der Waals surface area contributed by atoms with Crippen LogP contribution >= 0.6 is 12.2 Å². The fraction of sp³-hybridized carbons (Fsp3) is 0.250. The van der Waals surface area contributed by atoms with Crippen LogP contribution in [0.4, 0.5) is 23.2 Å². The summed E-state index contributed by atoms with van der Waals surface area (Å²) in [5, 5.41) is 12.1. The molecule has 0 radical (unpaired) electrons. The Morgan fingerprint density at radius 3 is 2.45 bits per heavy atom. The maximum absolute atomic E-state index is 13.8. The van der Waals surface area contributed by atoms with E-state index in [1.165, 1.54) is 47.4 Å². The summed E-state index contributed by atoms with van der Waals surface area (Å²) in [4.78, 5) is 19.4. The normalized spacial score (nSPS) is 11.9. The number of carbonyl (C=O) groups is 1. The van der Waals surface area contributed by atoms with Gasteiger partial charge in [0.1, 0.15) is 11.6 Å². The third-order valence-corrected chi connectivity index (χ3v) is 7.43. The molecule has 0 saturated heterocycles. The van der Waals surface area contributed by atoms with Crippen LogP contribution in [0.2, 0.25) is 0 Å². The number of Topliss-reactive ketones (excluding diaryl/α,β-unsaturated/α-hetero) is 1. The van der Waals surface area contributed by atoms with E-state index in [9.17, 15) is 22.4 Å². The van der Waals surface area contributed by atoms with Gasteiger partial charge in [0.15, 0.2) is 5.11 Å². The number of thiocarbonyl (C=S) groups is 1. The van der Waals surface area contributed by atoms with Crippen LogP contribution in [-0.4, -0.2) is 38.4 Å². The van der Waals surface area contributed by atoms with Crippen LogP contribution in [0.25, 0.3) is 0 Å². The second kappa shape index (κ2) is 14.7. The van der Waals surface area contributed by atoms with E-state index in [0.717, 1.165) is 11.6 Å². The zero-order chi connectivity index (χ0) is 31.7. The van der Waals surface area contributed by atoms with E-state index in [1.807, 2.05) is 16.7 Å². The highest BCUT2D eigenvalue weighted by molar-refractivity contribution is 7.80. The topological polar surface area (TPSA) is 100.0 Å². The van der Waals surface area contributed by atoms with E-state index >= 15 is 0 Å². The highest BCUT2D eigenvalue weighted by Gasteiger charge is 2.34. The minimum absolute atomic E-state index is 0.000980. The van der Waals surface area contributed by atoms with Crippen LogP contribution in [-0.2, 0) is 30.5 Å². The van der Waals surface area contributed by atoms with Gasteiger partial charge in [-0.1, -0.05) is 30.3 Å². The van der Waals surface area contributed by atoms with Crippen molar-refractivity contribution in [3.05, 3.63) is 119 Å². The first-order valence-corrected chi connectivity index (χ1v) is 14.2. The molecule has 228 valence electrons. The van der Waals surface area contributed by atoms with Crippen molar-refractivity contribution in [3.8, 4) is 6.07 Å². The standard InChI is InChI=1S/C32H30F4N6OS/c33-26-9-11-27(12-10-26)40-31(44)41(19-24-3-1-2-4-29(24)32(34,35)36)20-25(13-14-37)30(43)15-28-17-39-21-42(28)18-23-7-5-22(16-38)6-8-23/h1-12,17,21,25H,13-15,18-20,37H2,(H,40,44)/t25-/m0/s1. The quantitative estimate of drug-likeness (QED) is 0.149. The molecular weight excluding hydrogens is 592 g/mol. The van der Waals surface area contributed by atoms with Gasteiger partial charge in [0.05, 0.1) is 23.5 Å². The highest BCUT2D eigenvalue weighted by Crippen LogP contribution is 2.32. The van der Waals surface area contributed by atoms with Gasteiger partial charge in [-0.3, -0.25) is 4.79 Å². The number of hydrogen-bond donors (Lipinski definition) is 2. The van der Waals surface area contributed by atoms with Crippen LogP contribution in [0.15, 0.2) is 85.3 Å². The Kier molecular flexibility index (Phi) is 10.8. The van der Waals surface area contributed by atoms with E-state index in [-0.39, 0.29) is 48.9 Å². The number of halogens is 4. The average Bonchev–Trinajstić information content (AvgIpc) is 3.43. The number of alkyl halides is 3. The van der Waals surface area contributed by atoms with Crippen molar-refractivity contribution >= 4 is 28.8 Å². The van der Waals surface area contributed by atoms with Crippen LogP contribution < -0.4 is 11.1 Å². The maximum Gasteiger partial charge on any atom is 0.416 e. The van der Waals surface area contributed by atoms with Crippen molar-refractivity contribution in [2.45, 2.75) is 32.1 Å². The predicted octanol–water partition coefficient (Wildman–Crippen LogP) is 5.94. The molecule has 0 aliphatic rings. The molecule has 0 aliphatic heterocycles. The van der Waals surface area contributed by atoms with E-state index in [1.54, 1.807) is 24.7 Å². The number of imidazole rings is 1. The van der Waals surface area contributed by atoms with Gasteiger partial charge < -0.3 is 20.5 Å². The second-order valence-corrected chi connectivity index (χ2v) is 10.6. The predicted molar refractivity (Wildman–Crippen MR) is 163 cm³/mol. The fourth-order valence-corrected chi connectivity index (χ4v) is 5.02. The molecule has 1 aromatic heterocycles. The molecule has 44 heavy (non-hydrogen) atoms. The number of rotatable bonds is 12. The third-order valence-electron chi connectivity index (χ3n) is 7.07. The average molecular weight is 623 g/mol. The van der Waals surface area contributed by atoms with Crippen molar-refractivity contribution < 1.29 is 22.4 Å². The number of carbonyl (C=O) groups excluding carboxylic acids is 1. The number of hydrogen-bond acceptors (Lipinski definition) is 5. The molecular formula is C32H30F4N6OS. The van der Waals surface area contributed by atoms with Gasteiger partial charge in [-0.25, -0.2) is 9.37 Å². The van der Waals surface area contributed by atoms with Gasteiger partial charge >= 0.3 is 6.18 Å². The van der Waals surface area contributed by atoms with Gasteiger partial charge in [0.25, 0.3) is 0 Å². The summed E-state index contributed by atoms with van der Waals surface area (Å²) in [6, 6.07) is 19.7. The monoisotopic (exact) mass is 622 g/mol. The summed E-state index contributed by atoms with van der Waals surface area (Å²) in [5.41, 5.74) is 7.61.